The molecule has 0 unspecified atom stereocenters. The van der Waals surface area contributed by atoms with Gasteiger partial charge in [-0.3, -0.25) is 0 Å². The summed E-state index contributed by atoms with van der Waals surface area (Å²) >= 11 is 11.8. The number of benzene rings is 1. The molecule has 0 spiro atoms. The van der Waals surface area contributed by atoms with Crippen molar-refractivity contribution >= 4 is 23.2 Å². The second-order valence-corrected chi connectivity index (χ2v) is 6.38. The zero-order valence-corrected chi connectivity index (χ0v) is 14.0. The first-order valence-corrected chi connectivity index (χ1v) is 7.72. The molecule has 0 N–H and O–H groups in total. The lowest BCUT2D eigenvalue weighted by Crippen LogP contribution is -2.15. The molecule has 0 saturated carbocycles. The van der Waals surface area contributed by atoms with Gasteiger partial charge in [0.25, 0.3) is 0 Å². The smallest absolute Gasteiger partial charge is 0.137 e. The monoisotopic (exact) mass is 323 g/mol. The molecule has 2 aromatic rings. The van der Waals surface area contributed by atoms with Gasteiger partial charge < -0.3 is 4.74 Å². The van der Waals surface area contributed by atoms with Crippen LogP contribution >= 0.6 is 23.2 Å². The molecule has 0 aliphatic heterocycles. The van der Waals surface area contributed by atoms with E-state index >= 15 is 0 Å². The number of nitrogens with zero attached hydrogens (tertiary/aromatic N) is 1. The maximum Gasteiger partial charge on any atom is 0.137 e. The number of halogens is 2. The number of hydrogen-bond donors (Lipinski definition) is 0. The van der Waals surface area contributed by atoms with Gasteiger partial charge in [0, 0.05) is 5.56 Å². The van der Waals surface area contributed by atoms with E-state index in [2.05, 4.69) is 37.9 Å². The maximum atomic E-state index is 6.02. The largest absolute Gasteiger partial charge is 0.489 e. The van der Waals surface area contributed by atoms with Gasteiger partial charge in [0.05, 0.1) is 0 Å². The van der Waals surface area contributed by atoms with Gasteiger partial charge in [0.15, 0.2) is 0 Å². The first-order chi connectivity index (χ1) is 9.92. The zero-order valence-electron chi connectivity index (χ0n) is 12.5. The fraction of sp³-hybridized carbons (Fsp3) is 0.353. The summed E-state index contributed by atoms with van der Waals surface area (Å²) in [7, 11) is 0. The van der Waals surface area contributed by atoms with Crippen molar-refractivity contribution in [3.05, 3.63) is 57.8 Å². The maximum absolute atomic E-state index is 6.02. The third kappa shape index (κ3) is 4.12. The van der Waals surface area contributed by atoms with E-state index in [0.29, 0.717) is 16.9 Å². The first kappa shape index (κ1) is 16.1. The van der Waals surface area contributed by atoms with Crippen LogP contribution in [-0.4, -0.2) is 4.98 Å². The molecule has 0 fully saturated rings. The SMILES string of the molecule is CCC(C)(C)c1ccc(OCc2ccc(Cl)nc2Cl)cc1. The van der Waals surface area contributed by atoms with Crippen molar-refractivity contribution in [1.82, 2.24) is 4.98 Å². The molecule has 112 valence electrons. The third-order valence-electron chi connectivity index (χ3n) is 3.81. The molecule has 1 aromatic carbocycles. The Bertz CT molecular complexity index is 609. The normalized spacial score (nSPS) is 11.5. The van der Waals surface area contributed by atoms with Gasteiger partial charge in [0.1, 0.15) is 22.7 Å². The van der Waals surface area contributed by atoms with Crippen molar-refractivity contribution in [2.24, 2.45) is 0 Å². The predicted octanol–water partition coefficient (Wildman–Crippen LogP) is 5.66. The first-order valence-electron chi connectivity index (χ1n) is 6.96. The van der Waals surface area contributed by atoms with Crippen molar-refractivity contribution in [2.75, 3.05) is 0 Å². The molecule has 4 heteroatoms. The minimum atomic E-state index is 0.182. The number of ether oxygens (including phenoxy) is 1. The summed E-state index contributed by atoms with van der Waals surface area (Å²) in [5.41, 5.74) is 2.31. The summed E-state index contributed by atoms with van der Waals surface area (Å²) in [4.78, 5) is 3.99. The Labute approximate surface area is 136 Å². The molecular weight excluding hydrogens is 305 g/mol. The van der Waals surface area contributed by atoms with Crippen molar-refractivity contribution in [3.8, 4) is 5.75 Å². The van der Waals surface area contributed by atoms with Crippen LogP contribution in [0.25, 0.3) is 0 Å². The second-order valence-electron chi connectivity index (χ2n) is 5.63. The van der Waals surface area contributed by atoms with Crippen molar-refractivity contribution < 1.29 is 4.74 Å². The molecule has 1 aromatic heterocycles. The quantitative estimate of drug-likeness (QED) is 0.663. The molecule has 21 heavy (non-hydrogen) atoms. The standard InChI is InChI=1S/C17H19Cl2NO/c1-4-17(2,3)13-6-8-14(9-7-13)21-11-12-5-10-15(18)20-16(12)19/h5-10H,4,11H2,1-3H3. The van der Waals surface area contributed by atoms with E-state index in [0.717, 1.165) is 17.7 Å². The highest BCUT2D eigenvalue weighted by molar-refractivity contribution is 6.32. The zero-order chi connectivity index (χ0) is 15.5. The molecule has 0 aliphatic rings. The number of rotatable bonds is 5. The van der Waals surface area contributed by atoms with Crippen LogP contribution in [0.2, 0.25) is 10.3 Å². The second kappa shape index (κ2) is 6.67. The molecular formula is C17H19Cl2NO. The number of aromatic nitrogens is 1. The van der Waals surface area contributed by atoms with Gasteiger partial charge in [-0.1, -0.05) is 56.1 Å². The van der Waals surface area contributed by atoms with E-state index < -0.39 is 0 Å². The fourth-order valence-corrected chi connectivity index (χ4v) is 2.32. The van der Waals surface area contributed by atoms with Crippen LogP contribution in [0.3, 0.4) is 0 Å². The molecule has 0 bridgehead atoms. The van der Waals surface area contributed by atoms with Crippen LogP contribution in [0.1, 0.15) is 38.3 Å². The molecule has 0 atom stereocenters. The molecule has 1 heterocycles. The predicted molar refractivity (Wildman–Crippen MR) is 88.3 cm³/mol. The summed E-state index contributed by atoms with van der Waals surface area (Å²) in [6.45, 7) is 7.05. The van der Waals surface area contributed by atoms with Crippen LogP contribution in [0.4, 0.5) is 0 Å². The fourth-order valence-electron chi connectivity index (χ4n) is 1.92. The average Bonchev–Trinajstić information content (AvgIpc) is 2.47. The lowest BCUT2D eigenvalue weighted by Gasteiger charge is -2.23. The Morgan fingerprint density at radius 1 is 1.05 bits per heavy atom. The van der Waals surface area contributed by atoms with Crippen molar-refractivity contribution in [2.45, 2.75) is 39.2 Å². The van der Waals surface area contributed by atoms with Crippen molar-refractivity contribution in [3.63, 3.8) is 0 Å². The lowest BCUT2D eigenvalue weighted by molar-refractivity contribution is 0.305. The Morgan fingerprint density at radius 2 is 1.71 bits per heavy atom. The van der Waals surface area contributed by atoms with Gasteiger partial charge in [-0.25, -0.2) is 4.98 Å². The number of hydrogen-bond acceptors (Lipinski definition) is 2. The Kier molecular flexibility index (Phi) is 5.13. The van der Waals surface area contributed by atoms with Crippen LogP contribution in [0.5, 0.6) is 5.75 Å². The minimum Gasteiger partial charge on any atom is -0.489 e. The summed E-state index contributed by atoms with van der Waals surface area (Å²) in [5.74, 6) is 0.816. The van der Waals surface area contributed by atoms with Gasteiger partial charge in [-0.15, -0.1) is 0 Å². The Morgan fingerprint density at radius 3 is 2.29 bits per heavy atom. The van der Waals surface area contributed by atoms with E-state index in [9.17, 15) is 0 Å². The highest BCUT2D eigenvalue weighted by Gasteiger charge is 2.17. The van der Waals surface area contributed by atoms with Crippen LogP contribution in [0, 0.1) is 0 Å². The van der Waals surface area contributed by atoms with E-state index in [1.54, 1.807) is 6.07 Å². The molecule has 0 saturated heterocycles. The van der Waals surface area contributed by atoms with E-state index in [1.807, 2.05) is 18.2 Å². The van der Waals surface area contributed by atoms with Gasteiger partial charge in [-0.05, 0) is 41.7 Å². The van der Waals surface area contributed by atoms with Crippen LogP contribution in [-0.2, 0) is 12.0 Å². The lowest BCUT2D eigenvalue weighted by atomic mass is 9.82. The van der Waals surface area contributed by atoms with Crippen LogP contribution in [0.15, 0.2) is 36.4 Å². The Hall–Kier alpha value is -1.25. The molecule has 0 aliphatic carbocycles. The summed E-state index contributed by atoms with van der Waals surface area (Å²) in [6.07, 6.45) is 1.10. The molecule has 0 amide bonds. The molecule has 0 radical (unpaired) electrons. The average molecular weight is 324 g/mol. The highest BCUT2D eigenvalue weighted by Crippen LogP contribution is 2.28. The van der Waals surface area contributed by atoms with E-state index in [4.69, 9.17) is 27.9 Å². The topological polar surface area (TPSA) is 22.1 Å². The van der Waals surface area contributed by atoms with E-state index in [-0.39, 0.29) is 5.41 Å². The van der Waals surface area contributed by atoms with E-state index in [1.165, 1.54) is 5.56 Å². The Balaban J connectivity index is 2.04. The summed E-state index contributed by atoms with van der Waals surface area (Å²) in [6, 6.07) is 11.7. The third-order valence-corrected chi connectivity index (χ3v) is 4.34. The molecule has 2 nitrogen and oxygen atoms in total. The minimum absolute atomic E-state index is 0.182. The van der Waals surface area contributed by atoms with Gasteiger partial charge in [0.2, 0.25) is 0 Å². The van der Waals surface area contributed by atoms with Gasteiger partial charge >= 0.3 is 0 Å². The van der Waals surface area contributed by atoms with Crippen molar-refractivity contribution in [1.29, 1.82) is 0 Å². The van der Waals surface area contributed by atoms with Crippen LogP contribution < -0.4 is 4.74 Å². The highest BCUT2D eigenvalue weighted by atomic mass is 35.5. The summed E-state index contributed by atoms with van der Waals surface area (Å²) in [5, 5.41) is 0.765. The van der Waals surface area contributed by atoms with Gasteiger partial charge in [-0.2, -0.15) is 0 Å². The number of pyridine rings is 1. The summed E-state index contributed by atoms with van der Waals surface area (Å²) < 4.78 is 5.75. The molecule has 2 rings (SSSR count).